The second kappa shape index (κ2) is 21.1. The quantitative estimate of drug-likeness (QED) is 0.209. The highest BCUT2D eigenvalue weighted by molar-refractivity contribution is 7.40. The van der Waals surface area contributed by atoms with Gasteiger partial charge in [0, 0.05) is 0 Å². The van der Waals surface area contributed by atoms with Gasteiger partial charge in [-0.05, 0) is 0 Å². The van der Waals surface area contributed by atoms with Crippen molar-refractivity contribution in [2.75, 3.05) is 0 Å². The highest BCUT2D eigenvalue weighted by Crippen LogP contribution is 2.03. The summed E-state index contributed by atoms with van der Waals surface area (Å²) in [5, 5.41) is 28.1. The number of phosphoric acid groups is 1. The highest BCUT2D eigenvalue weighted by Gasteiger charge is 1.68. The minimum Gasteiger partial charge on any atom is -0.876 e. The highest BCUT2D eigenvalue weighted by atomic mass is 31.2. The minimum absolute atomic E-state index is 0. The molecule has 0 aliphatic heterocycles. The molecule has 24 N–H and O–H groups in total. The molecule has 0 saturated heterocycles. The van der Waals surface area contributed by atoms with Crippen LogP contribution in [0.15, 0.2) is 0 Å². The molecule has 0 aromatic rings. The fraction of sp³-hybridized carbons (Fsp3) is 1.00. The zero-order valence-electron chi connectivity index (χ0n) is 11.5. The Hall–Kier alpha value is -0.250. The van der Waals surface area contributed by atoms with E-state index < -0.39 is 20.2 Å². The van der Waals surface area contributed by atoms with E-state index in [-0.39, 0.29) is 36.9 Å². The van der Waals surface area contributed by atoms with Gasteiger partial charge in [-0.15, -0.1) is 0 Å². The van der Waals surface area contributed by atoms with Gasteiger partial charge in [0.2, 0.25) is 0 Å². The molecule has 0 bridgehead atoms. The van der Waals surface area contributed by atoms with Crippen LogP contribution in [0.5, 0.6) is 0 Å². The predicted octanol–water partition coefficient (Wildman–Crippen LogP) is -3.44. The van der Waals surface area contributed by atoms with Crippen molar-refractivity contribution in [3.8, 4) is 0 Å². The molecule has 0 amide bonds. The lowest BCUT2D eigenvalue weighted by Crippen LogP contribution is -2.66. The molecule has 0 spiro atoms. The Bertz CT molecular complexity index is 139. The summed E-state index contributed by atoms with van der Waals surface area (Å²) in [6.07, 6.45) is -0.396. The van der Waals surface area contributed by atoms with Crippen LogP contribution >= 0.6 is 7.82 Å². The predicted molar refractivity (Wildman–Crippen MR) is 56.5 cm³/mol. The van der Waals surface area contributed by atoms with E-state index in [1.807, 2.05) is 0 Å². The Labute approximate surface area is 99.6 Å². The number of rotatable bonds is 1. The van der Waals surface area contributed by atoms with E-state index in [0.29, 0.717) is 0 Å². The van der Waals surface area contributed by atoms with Gasteiger partial charge >= 0.3 is 0 Å². The van der Waals surface area contributed by atoms with Crippen LogP contribution in [0, 0.1) is 0 Å². The normalized spacial score (nSPS) is 7.71. The maximum atomic E-state index is 9.36. The first kappa shape index (κ1) is 54.3. The van der Waals surface area contributed by atoms with Gasteiger partial charge in [-0.1, -0.05) is 13.3 Å². The third-order valence-corrected chi connectivity index (χ3v) is 0.433. The summed E-state index contributed by atoms with van der Waals surface area (Å²) in [7, 11) is -5.39. The summed E-state index contributed by atoms with van der Waals surface area (Å²) in [6.45, 7) is 1.27. The topological polar surface area (TPSA) is 374 Å². The van der Waals surface area contributed by atoms with E-state index in [0.717, 1.165) is 0 Å². The largest absolute Gasteiger partial charge is 0.876 e. The van der Waals surface area contributed by atoms with Gasteiger partial charge in [0.1, 0.15) is 0 Å². The summed E-state index contributed by atoms with van der Waals surface area (Å²) >= 11 is 0. The van der Waals surface area contributed by atoms with Crippen LogP contribution in [0.1, 0.15) is 13.3 Å². The first-order valence-corrected chi connectivity index (χ1v) is 3.86. The van der Waals surface area contributed by atoms with Crippen LogP contribution in [0.3, 0.4) is 0 Å². The number of hydrogen-bond acceptors (Lipinski definition) is 7. The summed E-state index contributed by atoms with van der Waals surface area (Å²) in [5.41, 5.74) is 0. The van der Waals surface area contributed by atoms with Crippen molar-refractivity contribution in [2.45, 2.75) is 19.3 Å². The fourth-order valence-corrected chi connectivity index (χ4v) is 0. The molecule has 0 aromatic heterocycles. The van der Waals surface area contributed by atoms with Crippen LogP contribution in [-0.2, 0) is 4.57 Å². The van der Waals surface area contributed by atoms with Gasteiger partial charge in [-0.25, -0.2) is 0 Å². The van der Waals surface area contributed by atoms with Gasteiger partial charge in [0.05, 0.1) is 0 Å². The third kappa shape index (κ3) is 394. The Balaban J connectivity index is -0.0000000118. The van der Waals surface area contributed by atoms with Crippen LogP contribution in [0.25, 0.3) is 0 Å². The smallest absolute Gasteiger partial charge is 0.0687 e. The molecule has 0 aromatic carbocycles. The summed E-state index contributed by atoms with van der Waals surface area (Å²) in [4.78, 5) is 25.6. The Morgan fingerprint density at radius 1 is 0.824 bits per heavy atom. The lowest BCUT2D eigenvalue weighted by Gasteiger charge is -2.57. The summed E-state index contributed by atoms with van der Waals surface area (Å²) < 4.78 is 8.55. The van der Waals surface area contributed by atoms with E-state index in [9.17, 15) is 15.3 Å². The molecule has 0 heterocycles. The van der Waals surface area contributed by atoms with Gasteiger partial charge in [-0.3, -0.25) is 0 Å². The molecule has 0 fully saturated rings. The molecule has 0 rings (SSSR count). The average Bonchev–Trinajstić information content (AvgIpc) is 1.59. The van der Waals surface area contributed by atoms with E-state index in [4.69, 9.17) is 19.2 Å². The maximum Gasteiger partial charge on any atom is -0.0687 e. The van der Waals surface area contributed by atoms with E-state index >= 15 is 0 Å². The van der Waals surface area contributed by atoms with E-state index in [2.05, 4.69) is 0 Å². The minimum atomic E-state index is -5.39. The van der Waals surface area contributed by atoms with Gasteiger partial charge in [0.15, 0.2) is 0 Å². The third-order valence-electron chi connectivity index (χ3n) is 0.433. The molecule has 0 unspecified atom stereocenters. The zero-order valence-corrected chi connectivity index (χ0v) is 12.4. The van der Waals surface area contributed by atoms with Crippen molar-refractivity contribution in [3.05, 3.63) is 0 Å². The van der Waals surface area contributed by atoms with Crippen molar-refractivity contribution in [2.24, 2.45) is 0 Å². The SMILES string of the molecule is CCC([O-])([O-])[O-].O=P([O-])([O-])[O-].[NH4+].[NH4+].[NH4+].[NH4+].[NH4+].[NH4+]. The molecular formula is C3H29N6O7P. The molecule has 17 heavy (non-hydrogen) atoms. The monoisotopic (exact) mass is 292 g/mol. The van der Waals surface area contributed by atoms with Crippen molar-refractivity contribution in [3.63, 3.8) is 0 Å². The average molecular weight is 292 g/mol. The molecule has 0 atom stereocenters. The molecule has 118 valence electrons. The van der Waals surface area contributed by atoms with Crippen molar-refractivity contribution < 1.29 is 34.6 Å². The summed E-state index contributed by atoms with van der Waals surface area (Å²) in [6, 6.07) is 0. The van der Waals surface area contributed by atoms with Gasteiger partial charge in [0.25, 0.3) is 0 Å². The molecule has 0 aliphatic carbocycles. The van der Waals surface area contributed by atoms with E-state index in [1.165, 1.54) is 6.92 Å². The first-order valence-electron chi connectivity index (χ1n) is 2.40. The van der Waals surface area contributed by atoms with Gasteiger partial charge < -0.3 is 77.4 Å². The number of hydrogen-bond donors (Lipinski definition) is 6. The van der Waals surface area contributed by atoms with Crippen LogP contribution in [0.4, 0.5) is 0 Å². The Kier molecular flexibility index (Phi) is 67.3. The fourth-order valence-electron chi connectivity index (χ4n) is 0. The lowest BCUT2D eigenvalue weighted by atomic mass is 10.4. The first-order chi connectivity index (χ1) is 4.56. The van der Waals surface area contributed by atoms with Crippen LogP contribution < -0.4 is 66.9 Å². The molecule has 13 nitrogen and oxygen atoms in total. The van der Waals surface area contributed by atoms with Crippen LogP contribution in [-0.4, -0.2) is 5.97 Å². The molecular weight excluding hydrogens is 263 g/mol. The lowest BCUT2D eigenvalue weighted by molar-refractivity contribution is -0.903. The second-order valence-corrected chi connectivity index (χ2v) is 2.38. The summed E-state index contributed by atoms with van der Waals surface area (Å²) in [5.74, 6) is -3.21. The molecule has 0 aliphatic rings. The molecule has 0 radical (unpaired) electrons. The molecule has 0 saturated carbocycles. The van der Waals surface area contributed by atoms with Gasteiger partial charge in [-0.2, -0.15) is 7.82 Å². The Morgan fingerprint density at radius 3 is 0.882 bits per heavy atom. The standard InChI is InChI=1S/C3H5O3.6H3N.H3O4P/c1-2-3(4,5)6;;;;;;;1-5(2,3)4/h2H2,1H3;6*1H3;(H3,1,2,3,4)/q-3;;;;;;;/p+3. The maximum absolute atomic E-state index is 9.36. The molecule has 14 heteroatoms. The van der Waals surface area contributed by atoms with E-state index in [1.54, 1.807) is 0 Å². The zero-order chi connectivity index (χ0) is 9.71. The van der Waals surface area contributed by atoms with Crippen molar-refractivity contribution in [1.82, 2.24) is 36.9 Å². The number of quaternary nitrogens is 6. The van der Waals surface area contributed by atoms with Crippen LogP contribution in [0.2, 0.25) is 0 Å². The van der Waals surface area contributed by atoms with Crippen molar-refractivity contribution >= 4 is 7.82 Å². The second-order valence-electron chi connectivity index (χ2n) is 1.48. The Morgan fingerprint density at radius 2 is 0.882 bits per heavy atom. The van der Waals surface area contributed by atoms with Crippen molar-refractivity contribution in [1.29, 1.82) is 0 Å².